The third kappa shape index (κ3) is 7.54. The fourth-order valence-corrected chi connectivity index (χ4v) is 2.29. The molecule has 0 aromatic heterocycles. The minimum Gasteiger partial charge on any atom is -0.497 e. The van der Waals surface area contributed by atoms with Gasteiger partial charge >= 0.3 is 0 Å². The highest BCUT2D eigenvalue weighted by Crippen LogP contribution is 2.22. The van der Waals surface area contributed by atoms with Gasteiger partial charge in [-0.2, -0.15) is 0 Å². The largest absolute Gasteiger partial charge is 0.497 e. The smallest absolute Gasteiger partial charge is 0.118 e. The average molecular weight is 280 g/mol. The summed E-state index contributed by atoms with van der Waals surface area (Å²) in [5.74, 6) is 0.840. The molecule has 1 aromatic rings. The van der Waals surface area contributed by atoms with Gasteiger partial charge in [-0.3, -0.25) is 0 Å². The standard InChI is InChI=1S/C17H28O2.CH4/c1-3-4-5-6-7-8-9-10-17(18)15-11-13-16(19-2)14-12-15;/h11-14,17-18H,3-10H2,1-2H3;1H4/t17-;/m0./s1. The number of benzene rings is 1. The van der Waals surface area contributed by atoms with Crippen LogP contribution < -0.4 is 4.74 Å². The summed E-state index contributed by atoms with van der Waals surface area (Å²) >= 11 is 0. The van der Waals surface area contributed by atoms with Crippen LogP contribution in [0.3, 0.4) is 0 Å². The quantitative estimate of drug-likeness (QED) is 0.573. The lowest BCUT2D eigenvalue weighted by Crippen LogP contribution is -1.97. The van der Waals surface area contributed by atoms with Gasteiger partial charge in [0.25, 0.3) is 0 Å². The molecule has 0 aliphatic rings. The molecule has 0 saturated carbocycles. The molecule has 1 aromatic carbocycles. The van der Waals surface area contributed by atoms with Gasteiger partial charge in [0.1, 0.15) is 5.75 Å². The van der Waals surface area contributed by atoms with E-state index in [1.165, 1.54) is 38.5 Å². The summed E-state index contributed by atoms with van der Waals surface area (Å²) in [7, 11) is 1.66. The molecule has 1 rings (SSSR count). The number of aliphatic hydroxyl groups is 1. The number of methoxy groups -OCH3 is 1. The second kappa shape index (κ2) is 11.8. The van der Waals surface area contributed by atoms with E-state index in [-0.39, 0.29) is 13.5 Å². The molecule has 0 heterocycles. The van der Waals surface area contributed by atoms with Gasteiger partial charge in [0.05, 0.1) is 13.2 Å². The predicted molar refractivity (Wildman–Crippen MR) is 87.3 cm³/mol. The SMILES string of the molecule is C.CCCCCCCCC[C@H](O)c1ccc(OC)cc1. The maximum atomic E-state index is 10.1. The van der Waals surface area contributed by atoms with Gasteiger partial charge in [-0.25, -0.2) is 0 Å². The average Bonchev–Trinajstić information content (AvgIpc) is 2.46. The molecule has 1 atom stereocenters. The second-order valence-electron chi connectivity index (χ2n) is 5.20. The molecule has 116 valence electrons. The van der Waals surface area contributed by atoms with Crippen LogP contribution in [0.5, 0.6) is 5.75 Å². The van der Waals surface area contributed by atoms with E-state index in [1.54, 1.807) is 7.11 Å². The first-order valence-electron chi connectivity index (χ1n) is 7.60. The van der Waals surface area contributed by atoms with Crippen molar-refractivity contribution in [3.8, 4) is 5.75 Å². The van der Waals surface area contributed by atoms with E-state index >= 15 is 0 Å². The summed E-state index contributed by atoms with van der Waals surface area (Å²) in [6, 6.07) is 7.71. The molecule has 0 unspecified atom stereocenters. The minimum atomic E-state index is -0.332. The van der Waals surface area contributed by atoms with Crippen molar-refractivity contribution in [2.45, 2.75) is 71.8 Å². The highest BCUT2D eigenvalue weighted by Gasteiger charge is 2.06. The number of unbranched alkanes of at least 4 members (excludes halogenated alkanes) is 6. The summed E-state index contributed by atoms with van der Waals surface area (Å²) in [6.45, 7) is 2.24. The van der Waals surface area contributed by atoms with E-state index < -0.39 is 0 Å². The molecule has 0 aliphatic carbocycles. The summed E-state index contributed by atoms with van der Waals surface area (Å²) < 4.78 is 5.11. The van der Waals surface area contributed by atoms with E-state index in [9.17, 15) is 5.11 Å². The van der Waals surface area contributed by atoms with Crippen LogP contribution in [-0.2, 0) is 0 Å². The number of hydrogen-bond acceptors (Lipinski definition) is 2. The number of rotatable bonds is 10. The van der Waals surface area contributed by atoms with E-state index in [0.717, 1.165) is 24.2 Å². The molecule has 2 heteroatoms. The Labute approximate surface area is 125 Å². The van der Waals surface area contributed by atoms with Crippen LogP contribution in [0.1, 0.15) is 77.4 Å². The lowest BCUT2D eigenvalue weighted by molar-refractivity contribution is 0.163. The van der Waals surface area contributed by atoms with E-state index in [2.05, 4.69) is 6.92 Å². The highest BCUT2D eigenvalue weighted by molar-refractivity contribution is 5.28. The minimum absolute atomic E-state index is 0. The Morgan fingerprint density at radius 3 is 2.05 bits per heavy atom. The third-order valence-corrected chi connectivity index (χ3v) is 3.58. The lowest BCUT2D eigenvalue weighted by atomic mass is 10.0. The Kier molecular flexibility index (Phi) is 11.2. The van der Waals surface area contributed by atoms with Crippen LogP contribution in [0.25, 0.3) is 0 Å². The van der Waals surface area contributed by atoms with Crippen LogP contribution in [0.4, 0.5) is 0 Å². The van der Waals surface area contributed by atoms with Gasteiger partial charge in [0, 0.05) is 0 Å². The number of aliphatic hydroxyl groups excluding tert-OH is 1. The van der Waals surface area contributed by atoms with Crippen molar-refractivity contribution in [1.82, 2.24) is 0 Å². The molecule has 0 fully saturated rings. The van der Waals surface area contributed by atoms with E-state index in [4.69, 9.17) is 4.74 Å². The first-order valence-corrected chi connectivity index (χ1v) is 7.60. The Balaban J connectivity index is 0.00000361. The summed E-state index contributed by atoms with van der Waals surface area (Å²) in [5.41, 5.74) is 0.992. The Morgan fingerprint density at radius 2 is 1.50 bits per heavy atom. The molecular weight excluding hydrogens is 248 g/mol. The molecular formula is C18H32O2. The van der Waals surface area contributed by atoms with Crippen molar-refractivity contribution in [3.63, 3.8) is 0 Å². The summed E-state index contributed by atoms with van der Waals surface area (Å²) in [4.78, 5) is 0. The molecule has 1 N–H and O–H groups in total. The van der Waals surface area contributed by atoms with Crippen molar-refractivity contribution in [2.75, 3.05) is 7.11 Å². The molecule has 0 saturated heterocycles. The van der Waals surface area contributed by atoms with Crippen LogP contribution in [0.2, 0.25) is 0 Å². The molecule has 20 heavy (non-hydrogen) atoms. The molecule has 0 aliphatic heterocycles. The van der Waals surface area contributed by atoms with Crippen LogP contribution in [0.15, 0.2) is 24.3 Å². The van der Waals surface area contributed by atoms with Gasteiger partial charge in [-0.1, -0.05) is 71.4 Å². The zero-order valence-electron chi connectivity index (χ0n) is 12.4. The van der Waals surface area contributed by atoms with Crippen LogP contribution in [-0.4, -0.2) is 12.2 Å². The second-order valence-corrected chi connectivity index (χ2v) is 5.20. The fourth-order valence-electron chi connectivity index (χ4n) is 2.29. The van der Waals surface area contributed by atoms with Gasteiger partial charge in [0.15, 0.2) is 0 Å². The Bertz CT molecular complexity index is 319. The van der Waals surface area contributed by atoms with Gasteiger partial charge in [-0.05, 0) is 24.1 Å². The lowest BCUT2D eigenvalue weighted by Gasteiger charge is -2.11. The summed E-state index contributed by atoms with van der Waals surface area (Å²) in [5, 5.41) is 10.1. The zero-order valence-corrected chi connectivity index (χ0v) is 12.4. The highest BCUT2D eigenvalue weighted by atomic mass is 16.5. The van der Waals surface area contributed by atoms with Crippen molar-refractivity contribution in [3.05, 3.63) is 29.8 Å². The van der Waals surface area contributed by atoms with Crippen molar-refractivity contribution in [2.24, 2.45) is 0 Å². The maximum Gasteiger partial charge on any atom is 0.118 e. The van der Waals surface area contributed by atoms with Crippen LogP contribution >= 0.6 is 0 Å². The summed E-state index contributed by atoms with van der Waals surface area (Å²) in [6.07, 6.45) is 9.53. The third-order valence-electron chi connectivity index (χ3n) is 3.58. The van der Waals surface area contributed by atoms with E-state index in [1.807, 2.05) is 24.3 Å². The number of ether oxygens (including phenoxy) is 1. The topological polar surface area (TPSA) is 29.5 Å². The van der Waals surface area contributed by atoms with Crippen LogP contribution in [0, 0.1) is 0 Å². The van der Waals surface area contributed by atoms with Gasteiger partial charge in [-0.15, -0.1) is 0 Å². The van der Waals surface area contributed by atoms with Crippen molar-refractivity contribution in [1.29, 1.82) is 0 Å². The molecule has 0 spiro atoms. The Morgan fingerprint density at radius 1 is 0.950 bits per heavy atom. The first kappa shape index (κ1) is 19.0. The zero-order chi connectivity index (χ0) is 13.9. The first-order chi connectivity index (χ1) is 9.27. The normalized spacial score (nSPS) is 11.8. The van der Waals surface area contributed by atoms with Crippen molar-refractivity contribution >= 4 is 0 Å². The predicted octanol–water partition coefficient (Wildman–Crippen LogP) is 5.51. The molecule has 2 nitrogen and oxygen atoms in total. The molecule has 0 radical (unpaired) electrons. The Hall–Kier alpha value is -1.02. The van der Waals surface area contributed by atoms with Crippen molar-refractivity contribution < 1.29 is 9.84 Å². The number of hydrogen-bond donors (Lipinski definition) is 1. The van der Waals surface area contributed by atoms with Gasteiger partial charge in [0.2, 0.25) is 0 Å². The monoisotopic (exact) mass is 280 g/mol. The van der Waals surface area contributed by atoms with E-state index in [0.29, 0.717) is 0 Å². The fraction of sp³-hybridized carbons (Fsp3) is 0.667. The maximum absolute atomic E-state index is 10.1. The molecule has 0 bridgehead atoms. The van der Waals surface area contributed by atoms with Gasteiger partial charge < -0.3 is 9.84 Å². The molecule has 0 amide bonds.